The van der Waals surface area contributed by atoms with Gasteiger partial charge in [-0.15, -0.1) is 0 Å². The van der Waals surface area contributed by atoms with Crippen LogP contribution in [-0.4, -0.2) is 89.2 Å². The molecule has 0 aliphatic carbocycles. The predicted molar refractivity (Wildman–Crippen MR) is 349 cm³/mol. The van der Waals surface area contributed by atoms with Crippen molar-refractivity contribution < 1.29 is 58.2 Å². The van der Waals surface area contributed by atoms with Gasteiger partial charge in [0.1, 0.15) is 18.8 Å². The number of hydrogen-bond donors (Lipinski definition) is 3. The molecule has 0 bridgehead atoms. The Morgan fingerprint density at radius 3 is 1.13 bits per heavy atom. The molecule has 0 saturated carbocycles. The van der Waals surface area contributed by atoms with E-state index in [2.05, 4.69) is 130 Å². The standard InChI is InChI=1S/C73H120O12/c1-4-7-10-13-16-19-22-25-28-31-33-36-38-41-44-47-50-53-56-59-65(74)81-62-64(83-66(75)60-57-54-51-48-45-42-40-37-34-32-29-26-23-20-17-14-11-8-5-2)63-82-73-71(69(78)68(77)70(85-73)72(79)80)84-67(76)61-58-55-52-49-46-43-39-35-30-27-24-21-18-15-12-9-6-3/h9,12,16-21,25-30,33,36,39,43,64,68-71,73,77-78H,4-8,10-11,13-15,22-24,31-32,34-35,37-38,40-42,44-63H2,1-3H3,(H,79,80)/b12-9-,19-16-,20-17-,21-18-,28-25-,29-26-,30-27-,36-33-,43-39-. The fraction of sp³-hybridized carbons (Fsp3) is 0.699. The maximum absolute atomic E-state index is 13.2. The first-order valence-corrected chi connectivity index (χ1v) is 33.9. The fourth-order valence-electron chi connectivity index (χ4n) is 9.63. The van der Waals surface area contributed by atoms with Gasteiger partial charge in [-0.25, -0.2) is 4.79 Å². The van der Waals surface area contributed by atoms with Crippen molar-refractivity contribution in [3.05, 3.63) is 109 Å². The summed E-state index contributed by atoms with van der Waals surface area (Å²) >= 11 is 0. The largest absolute Gasteiger partial charge is 0.479 e. The van der Waals surface area contributed by atoms with Crippen LogP contribution in [0, 0.1) is 0 Å². The molecule has 0 aromatic heterocycles. The molecule has 3 N–H and O–H groups in total. The lowest BCUT2D eigenvalue weighted by Crippen LogP contribution is -2.61. The van der Waals surface area contributed by atoms with Gasteiger partial charge in [0.25, 0.3) is 0 Å². The molecule has 12 nitrogen and oxygen atoms in total. The zero-order chi connectivity index (χ0) is 61.7. The summed E-state index contributed by atoms with van der Waals surface area (Å²) in [5.74, 6) is -3.17. The molecular weight excluding hydrogens is 1070 g/mol. The molecule has 1 aliphatic rings. The van der Waals surface area contributed by atoms with E-state index in [1.165, 1.54) is 77.0 Å². The molecule has 0 spiro atoms. The second-order valence-corrected chi connectivity index (χ2v) is 22.7. The van der Waals surface area contributed by atoms with Gasteiger partial charge in [-0.3, -0.25) is 14.4 Å². The molecule has 0 radical (unpaired) electrons. The Morgan fingerprint density at radius 1 is 0.400 bits per heavy atom. The average Bonchev–Trinajstić information content (AvgIpc) is 2.83. The van der Waals surface area contributed by atoms with Crippen LogP contribution in [0.15, 0.2) is 109 Å². The zero-order valence-electron chi connectivity index (χ0n) is 53.6. The monoisotopic (exact) mass is 1190 g/mol. The second kappa shape index (κ2) is 59.7. The van der Waals surface area contributed by atoms with Crippen molar-refractivity contribution >= 4 is 23.9 Å². The summed E-state index contributed by atoms with van der Waals surface area (Å²) < 4.78 is 28.6. The van der Waals surface area contributed by atoms with Gasteiger partial charge in [0.05, 0.1) is 6.61 Å². The number of carbonyl (C=O) groups excluding carboxylic acids is 3. The molecule has 0 amide bonds. The smallest absolute Gasteiger partial charge is 0.335 e. The van der Waals surface area contributed by atoms with Gasteiger partial charge in [-0.2, -0.15) is 0 Å². The minimum atomic E-state index is -1.92. The Hall–Kier alpha value is -4.62. The average molecular weight is 1190 g/mol. The third kappa shape index (κ3) is 49.1. The van der Waals surface area contributed by atoms with Crippen molar-refractivity contribution in [1.29, 1.82) is 0 Å². The summed E-state index contributed by atoms with van der Waals surface area (Å²) in [5.41, 5.74) is 0. The molecule has 1 heterocycles. The highest BCUT2D eigenvalue weighted by molar-refractivity contribution is 5.74. The fourth-order valence-corrected chi connectivity index (χ4v) is 9.63. The Kier molecular flexibility index (Phi) is 55.1. The number of ether oxygens (including phenoxy) is 5. The van der Waals surface area contributed by atoms with Gasteiger partial charge in [0.15, 0.2) is 24.6 Å². The topological polar surface area (TPSA) is 175 Å². The second-order valence-electron chi connectivity index (χ2n) is 22.7. The van der Waals surface area contributed by atoms with Gasteiger partial charge in [-0.05, 0) is 128 Å². The van der Waals surface area contributed by atoms with E-state index in [4.69, 9.17) is 23.7 Å². The summed E-state index contributed by atoms with van der Waals surface area (Å²) in [6.45, 7) is 5.83. The third-order valence-electron chi connectivity index (χ3n) is 14.8. The third-order valence-corrected chi connectivity index (χ3v) is 14.8. The van der Waals surface area contributed by atoms with Crippen LogP contribution in [0.1, 0.15) is 278 Å². The van der Waals surface area contributed by atoms with Gasteiger partial charge in [0, 0.05) is 19.3 Å². The quantitative estimate of drug-likeness (QED) is 0.0228. The highest BCUT2D eigenvalue weighted by atomic mass is 16.7. The molecule has 6 atom stereocenters. The maximum atomic E-state index is 13.2. The van der Waals surface area contributed by atoms with Crippen molar-refractivity contribution in [2.45, 2.75) is 314 Å². The first kappa shape index (κ1) is 78.4. The van der Waals surface area contributed by atoms with Gasteiger partial charge in [0.2, 0.25) is 0 Å². The summed E-state index contributed by atoms with van der Waals surface area (Å²) in [7, 11) is 0. The maximum Gasteiger partial charge on any atom is 0.335 e. The SMILES string of the molecule is CC/C=C\C/C=C\C/C=C\C/C=C\CCCCCCC(=O)OC1C(OCC(COC(=O)CCCCCCCC/C=C\C/C=C\C/C=C\CCCCC)OC(=O)CCCCCCCCCCC/C=C\C/C=C\CCCCC)OC(C(=O)O)C(O)C1O. The number of allylic oxidation sites excluding steroid dienone is 18. The Balaban J connectivity index is 2.68. The van der Waals surface area contributed by atoms with Gasteiger partial charge >= 0.3 is 23.9 Å². The molecule has 1 saturated heterocycles. The molecule has 85 heavy (non-hydrogen) atoms. The number of carboxylic acids is 1. The van der Waals surface area contributed by atoms with Crippen LogP contribution in [0.25, 0.3) is 0 Å². The van der Waals surface area contributed by atoms with Crippen molar-refractivity contribution in [3.8, 4) is 0 Å². The van der Waals surface area contributed by atoms with Crippen LogP contribution in [0.2, 0.25) is 0 Å². The van der Waals surface area contributed by atoms with Gasteiger partial charge < -0.3 is 39.0 Å². The van der Waals surface area contributed by atoms with Crippen molar-refractivity contribution in [2.24, 2.45) is 0 Å². The van der Waals surface area contributed by atoms with Crippen LogP contribution in [-0.2, 0) is 42.9 Å². The molecular formula is C73H120O12. The Bertz CT molecular complexity index is 1890. The van der Waals surface area contributed by atoms with E-state index in [1.807, 2.05) is 0 Å². The highest BCUT2D eigenvalue weighted by Crippen LogP contribution is 2.27. The van der Waals surface area contributed by atoms with Crippen LogP contribution in [0.3, 0.4) is 0 Å². The molecule has 1 fully saturated rings. The summed E-state index contributed by atoms with van der Waals surface area (Å²) in [5, 5.41) is 31.6. The van der Waals surface area contributed by atoms with E-state index in [0.717, 1.165) is 141 Å². The number of aliphatic hydroxyl groups excluding tert-OH is 2. The molecule has 1 aliphatic heterocycles. The summed E-state index contributed by atoms with van der Waals surface area (Å²) in [6.07, 6.45) is 68.9. The number of aliphatic carboxylic acids is 1. The molecule has 1 rings (SSSR count). The van der Waals surface area contributed by atoms with E-state index >= 15 is 0 Å². The van der Waals surface area contributed by atoms with Crippen molar-refractivity contribution in [1.82, 2.24) is 0 Å². The number of hydrogen-bond acceptors (Lipinski definition) is 11. The lowest BCUT2D eigenvalue weighted by atomic mass is 9.98. The van der Waals surface area contributed by atoms with Crippen molar-refractivity contribution in [3.63, 3.8) is 0 Å². The molecule has 0 aromatic rings. The van der Waals surface area contributed by atoms with E-state index in [9.17, 15) is 34.5 Å². The van der Waals surface area contributed by atoms with Crippen LogP contribution in [0.4, 0.5) is 0 Å². The van der Waals surface area contributed by atoms with Gasteiger partial charge in [-0.1, -0.05) is 239 Å². The number of carboxylic acid groups (broad SMARTS) is 1. The number of aliphatic hydroxyl groups is 2. The van der Waals surface area contributed by atoms with Crippen LogP contribution >= 0.6 is 0 Å². The number of esters is 3. The van der Waals surface area contributed by atoms with E-state index < -0.39 is 67.3 Å². The highest BCUT2D eigenvalue weighted by Gasteiger charge is 2.50. The van der Waals surface area contributed by atoms with Crippen LogP contribution in [0.5, 0.6) is 0 Å². The normalized spacial score (nSPS) is 18.2. The number of carbonyl (C=O) groups is 4. The van der Waals surface area contributed by atoms with Crippen LogP contribution < -0.4 is 0 Å². The zero-order valence-corrected chi connectivity index (χ0v) is 53.6. The number of unbranched alkanes of at least 4 members (excludes halogenated alkanes) is 25. The molecule has 484 valence electrons. The first-order valence-electron chi connectivity index (χ1n) is 33.9. The van der Waals surface area contributed by atoms with E-state index in [0.29, 0.717) is 19.3 Å². The minimum absolute atomic E-state index is 0.0261. The Morgan fingerprint density at radius 2 is 0.741 bits per heavy atom. The molecule has 6 unspecified atom stereocenters. The Labute approximate surface area is 516 Å². The lowest BCUT2D eigenvalue weighted by Gasteiger charge is -2.40. The summed E-state index contributed by atoms with van der Waals surface area (Å²) in [6, 6.07) is 0. The predicted octanol–water partition coefficient (Wildman–Crippen LogP) is 18.6. The molecule has 0 aromatic carbocycles. The molecule has 12 heteroatoms. The number of rotatable bonds is 57. The minimum Gasteiger partial charge on any atom is -0.479 e. The summed E-state index contributed by atoms with van der Waals surface area (Å²) in [4.78, 5) is 51.4. The lowest BCUT2D eigenvalue weighted by molar-refractivity contribution is -0.301. The van der Waals surface area contributed by atoms with E-state index in [-0.39, 0.29) is 25.9 Å². The van der Waals surface area contributed by atoms with E-state index in [1.54, 1.807) is 0 Å². The van der Waals surface area contributed by atoms with Crippen molar-refractivity contribution in [2.75, 3.05) is 13.2 Å². The first-order chi connectivity index (χ1) is 41.6.